The van der Waals surface area contributed by atoms with Gasteiger partial charge in [0.05, 0.1) is 5.56 Å². The molecule has 0 amide bonds. The summed E-state index contributed by atoms with van der Waals surface area (Å²) < 4.78 is 25.4. The first-order valence-corrected chi connectivity index (χ1v) is 15.5. The summed E-state index contributed by atoms with van der Waals surface area (Å²) in [7, 11) is 0. The molecule has 0 fully saturated rings. The van der Waals surface area contributed by atoms with E-state index in [0.29, 0.717) is 23.0 Å². The highest BCUT2D eigenvalue weighted by molar-refractivity contribution is 6.07. The molecule has 0 aromatic heterocycles. The van der Waals surface area contributed by atoms with E-state index < -0.39 is 5.97 Å². The van der Waals surface area contributed by atoms with Crippen molar-refractivity contribution in [2.75, 3.05) is 0 Å². The van der Waals surface area contributed by atoms with E-state index in [1.54, 1.807) is 12.1 Å². The van der Waals surface area contributed by atoms with Crippen molar-refractivity contribution in [1.29, 1.82) is 0 Å². The molecule has 230 valence electrons. The second kappa shape index (κ2) is 13.9. The molecule has 7 rings (SSSR count). The predicted molar refractivity (Wildman–Crippen MR) is 185 cm³/mol. The van der Waals surface area contributed by atoms with Gasteiger partial charge in [-0.15, -0.1) is 0 Å². The lowest BCUT2D eigenvalue weighted by atomic mass is 10.0. The molecule has 5 nitrogen and oxygen atoms in total. The largest absolute Gasteiger partial charge is 0.485 e. The van der Waals surface area contributed by atoms with Crippen molar-refractivity contribution < 1.29 is 23.7 Å². The number of hydrogen-bond acceptors (Lipinski definition) is 5. The molecule has 0 aliphatic carbocycles. The first kappa shape index (κ1) is 29.6. The molecular formula is C42H32O5. The Morgan fingerprint density at radius 1 is 0.426 bits per heavy atom. The fourth-order valence-electron chi connectivity index (χ4n) is 5.49. The zero-order valence-corrected chi connectivity index (χ0v) is 25.7. The van der Waals surface area contributed by atoms with Crippen LogP contribution < -0.4 is 18.9 Å². The van der Waals surface area contributed by atoms with Gasteiger partial charge in [-0.05, 0) is 45.7 Å². The lowest BCUT2D eigenvalue weighted by molar-refractivity contribution is 0.0738. The van der Waals surface area contributed by atoms with Crippen LogP contribution in [0.15, 0.2) is 158 Å². The van der Waals surface area contributed by atoms with Gasteiger partial charge in [0.1, 0.15) is 25.6 Å². The molecule has 0 bridgehead atoms. The number of benzene rings is 7. The second-order valence-corrected chi connectivity index (χ2v) is 11.2. The van der Waals surface area contributed by atoms with Gasteiger partial charge in [0.15, 0.2) is 11.5 Å². The summed E-state index contributed by atoms with van der Waals surface area (Å²) in [5.74, 6) is 1.14. The Morgan fingerprint density at radius 3 is 1.30 bits per heavy atom. The Morgan fingerprint density at radius 2 is 0.830 bits per heavy atom. The molecule has 0 spiro atoms. The van der Waals surface area contributed by atoms with E-state index in [2.05, 4.69) is 6.07 Å². The fourth-order valence-corrected chi connectivity index (χ4v) is 5.49. The Balaban J connectivity index is 1.29. The third-order valence-electron chi connectivity index (χ3n) is 7.87. The number of esters is 1. The smallest absolute Gasteiger partial charge is 0.343 e. The first-order chi connectivity index (χ1) is 23.2. The Hall–Kier alpha value is -6.07. The SMILES string of the molecule is O=C(Oc1c2ccccc2cc2ccccc12)c1cc(OCc2ccccc2)c(OCc2ccccc2)c(OCc2ccccc2)c1. The Bertz CT molecular complexity index is 2010. The average molecular weight is 617 g/mol. The monoisotopic (exact) mass is 616 g/mol. The van der Waals surface area contributed by atoms with E-state index >= 15 is 0 Å². The van der Waals surface area contributed by atoms with Gasteiger partial charge in [-0.25, -0.2) is 4.79 Å². The van der Waals surface area contributed by atoms with Gasteiger partial charge in [0.2, 0.25) is 5.75 Å². The van der Waals surface area contributed by atoms with Crippen molar-refractivity contribution in [1.82, 2.24) is 0 Å². The highest BCUT2D eigenvalue weighted by Crippen LogP contribution is 2.42. The highest BCUT2D eigenvalue weighted by atomic mass is 16.5. The summed E-state index contributed by atoms with van der Waals surface area (Å²) in [6.45, 7) is 0.830. The second-order valence-electron chi connectivity index (χ2n) is 11.2. The van der Waals surface area contributed by atoms with Crippen LogP contribution in [0.2, 0.25) is 0 Å². The number of fused-ring (bicyclic) bond motifs is 2. The van der Waals surface area contributed by atoms with Crippen LogP contribution >= 0.6 is 0 Å². The molecule has 0 unspecified atom stereocenters. The standard InChI is InChI=1S/C42H32O5/c43-42(47-40-36-22-12-10-20-33(36)24-34-21-11-13-23-37(34)40)35-25-38(44-27-30-14-4-1-5-15-30)41(46-29-32-18-8-3-9-19-32)39(26-35)45-28-31-16-6-2-7-17-31/h1-26H,27-29H2. The summed E-state index contributed by atoms with van der Waals surface area (Å²) in [4.78, 5) is 14.1. The van der Waals surface area contributed by atoms with Gasteiger partial charge in [0, 0.05) is 10.8 Å². The fraction of sp³-hybridized carbons (Fsp3) is 0.0714. The molecule has 7 aromatic carbocycles. The minimum absolute atomic E-state index is 0.271. The normalized spacial score (nSPS) is 10.9. The van der Waals surface area contributed by atoms with E-state index in [1.165, 1.54) is 0 Å². The molecule has 0 N–H and O–H groups in total. The van der Waals surface area contributed by atoms with Crippen molar-refractivity contribution in [3.8, 4) is 23.0 Å². The van der Waals surface area contributed by atoms with Crippen molar-refractivity contribution in [3.63, 3.8) is 0 Å². The van der Waals surface area contributed by atoms with Gasteiger partial charge in [0.25, 0.3) is 0 Å². The Labute approximate surface area is 273 Å². The summed E-state index contributed by atoms with van der Waals surface area (Å²) in [5, 5.41) is 3.67. The van der Waals surface area contributed by atoms with Crippen molar-refractivity contribution in [3.05, 3.63) is 180 Å². The maximum Gasteiger partial charge on any atom is 0.343 e. The van der Waals surface area contributed by atoms with Crippen LogP contribution in [0, 0.1) is 0 Å². The molecule has 0 aliphatic rings. The maximum absolute atomic E-state index is 14.1. The zero-order valence-electron chi connectivity index (χ0n) is 25.7. The molecule has 5 heteroatoms. The third-order valence-corrected chi connectivity index (χ3v) is 7.87. The summed E-state index contributed by atoms with van der Waals surface area (Å²) in [6, 6.07) is 50.9. The van der Waals surface area contributed by atoms with Gasteiger partial charge in [-0.3, -0.25) is 0 Å². The van der Waals surface area contributed by atoms with Crippen LogP contribution in [0.4, 0.5) is 0 Å². The lowest BCUT2D eigenvalue weighted by Gasteiger charge is -2.19. The number of rotatable bonds is 11. The van der Waals surface area contributed by atoms with E-state index in [0.717, 1.165) is 38.2 Å². The molecular weight excluding hydrogens is 584 g/mol. The van der Waals surface area contributed by atoms with Gasteiger partial charge < -0.3 is 18.9 Å². The molecule has 7 aromatic rings. The topological polar surface area (TPSA) is 54.0 Å². The van der Waals surface area contributed by atoms with Crippen molar-refractivity contribution >= 4 is 27.5 Å². The third kappa shape index (κ3) is 6.95. The van der Waals surface area contributed by atoms with E-state index in [1.807, 2.05) is 140 Å². The molecule has 0 radical (unpaired) electrons. The van der Waals surface area contributed by atoms with E-state index in [9.17, 15) is 4.79 Å². The molecule has 0 heterocycles. The maximum atomic E-state index is 14.1. The van der Waals surface area contributed by atoms with E-state index in [4.69, 9.17) is 18.9 Å². The lowest BCUT2D eigenvalue weighted by Crippen LogP contribution is -2.11. The van der Waals surface area contributed by atoms with Crippen LogP contribution in [0.1, 0.15) is 27.0 Å². The van der Waals surface area contributed by atoms with Crippen LogP contribution in [0.25, 0.3) is 21.5 Å². The van der Waals surface area contributed by atoms with Gasteiger partial charge in [-0.1, -0.05) is 140 Å². The zero-order chi connectivity index (χ0) is 31.8. The minimum Gasteiger partial charge on any atom is -0.485 e. The van der Waals surface area contributed by atoms with Gasteiger partial charge in [-0.2, -0.15) is 0 Å². The van der Waals surface area contributed by atoms with Crippen LogP contribution in [0.5, 0.6) is 23.0 Å². The molecule has 0 atom stereocenters. The Kier molecular flexibility index (Phi) is 8.78. The van der Waals surface area contributed by atoms with Crippen molar-refractivity contribution in [2.24, 2.45) is 0 Å². The molecule has 47 heavy (non-hydrogen) atoms. The number of carbonyl (C=O) groups excluding carboxylic acids is 1. The summed E-state index contributed by atoms with van der Waals surface area (Å²) in [6.07, 6.45) is 0. The average Bonchev–Trinajstić information content (AvgIpc) is 3.13. The summed E-state index contributed by atoms with van der Waals surface area (Å²) in [5.41, 5.74) is 3.22. The van der Waals surface area contributed by atoms with Crippen LogP contribution in [0.3, 0.4) is 0 Å². The van der Waals surface area contributed by atoms with Crippen LogP contribution in [-0.4, -0.2) is 5.97 Å². The molecule has 0 saturated carbocycles. The summed E-state index contributed by atoms with van der Waals surface area (Å²) >= 11 is 0. The van der Waals surface area contributed by atoms with E-state index in [-0.39, 0.29) is 25.4 Å². The van der Waals surface area contributed by atoms with Gasteiger partial charge >= 0.3 is 5.97 Å². The van der Waals surface area contributed by atoms with Crippen molar-refractivity contribution in [2.45, 2.75) is 19.8 Å². The number of carbonyl (C=O) groups is 1. The first-order valence-electron chi connectivity index (χ1n) is 15.5. The quantitative estimate of drug-likeness (QED) is 0.0823. The molecule has 0 aliphatic heterocycles. The highest BCUT2D eigenvalue weighted by Gasteiger charge is 2.22. The van der Waals surface area contributed by atoms with Crippen LogP contribution in [-0.2, 0) is 19.8 Å². The number of ether oxygens (including phenoxy) is 4. The number of hydrogen-bond donors (Lipinski definition) is 0. The minimum atomic E-state index is -0.532. The predicted octanol–water partition coefficient (Wildman–Crippen LogP) is 9.95. The molecule has 0 saturated heterocycles.